The molecular formula is C15H17N3O4. The lowest BCUT2D eigenvalue weighted by molar-refractivity contribution is -0.386. The van der Waals surface area contributed by atoms with Crippen LogP contribution in [0.2, 0.25) is 0 Å². The molecule has 0 saturated carbocycles. The molecule has 2 rings (SSSR count). The van der Waals surface area contributed by atoms with Gasteiger partial charge >= 0.3 is 5.97 Å². The van der Waals surface area contributed by atoms with Crippen LogP contribution in [0.15, 0.2) is 18.3 Å². The number of pyridine rings is 1. The molecule has 0 aliphatic heterocycles. The molecule has 2 aromatic rings. The monoisotopic (exact) mass is 303 g/mol. The average molecular weight is 303 g/mol. The Hall–Kier alpha value is -2.70. The van der Waals surface area contributed by atoms with Crippen LogP contribution in [0.1, 0.15) is 33.0 Å². The number of aromatic nitrogens is 2. The largest absolute Gasteiger partial charge is 0.454 e. The fraction of sp³-hybridized carbons (Fsp3) is 0.333. The minimum Gasteiger partial charge on any atom is -0.454 e. The summed E-state index contributed by atoms with van der Waals surface area (Å²) < 4.78 is 6.94. The van der Waals surface area contributed by atoms with Gasteiger partial charge in [0.2, 0.25) is 0 Å². The maximum atomic E-state index is 12.0. The third-order valence-corrected chi connectivity index (χ3v) is 3.68. The third kappa shape index (κ3) is 2.83. The second-order valence-corrected chi connectivity index (χ2v) is 5.11. The van der Waals surface area contributed by atoms with Gasteiger partial charge in [0.05, 0.1) is 16.2 Å². The van der Waals surface area contributed by atoms with Crippen molar-refractivity contribution < 1.29 is 14.5 Å². The summed E-state index contributed by atoms with van der Waals surface area (Å²) in [4.78, 5) is 26.8. The lowest BCUT2D eigenvalue weighted by atomic mass is 10.1. The van der Waals surface area contributed by atoms with Gasteiger partial charge in [0, 0.05) is 24.5 Å². The first kappa shape index (κ1) is 15.7. The second-order valence-electron chi connectivity index (χ2n) is 5.11. The quantitative estimate of drug-likeness (QED) is 0.492. The van der Waals surface area contributed by atoms with Gasteiger partial charge in [-0.25, -0.2) is 4.79 Å². The number of rotatable bonds is 4. The van der Waals surface area contributed by atoms with Crippen molar-refractivity contribution in [3.05, 3.63) is 56.7 Å². The van der Waals surface area contributed by atoms with E-state index < -0.39 is 10.9 Å². The summed E-state index contributed by atoms with van der Waals surface area (Å²) >= 11 is 0. The van der Waals surface area contributed by atoms with Crippen molar-refractivity contribution in [2.24, 2.45) is 7.05 Å². The first-order valence-electron chi connectivity index (χ1n) is 6.71. The molecule has 0 saturated heterocycles. The summed E-state index contributed by atoms with van der Waals surface area (Å²) in [6.07, 6.45) is 1.42. The van der Waals surface area contributed by atoms with Gasteiger partial charge in [-0.15, -0.1) is 0 Å². The van der Waals surface area contributed by atoms with Crippen LogP contribution >= 0.6 is 0 Å². The van der Waals surface area contributed by atoms with Crippen molar-refractivity contribution >= 4 is 11.7 Å². The molecular weight excluding hydrogens is 286 g/mol. The highest BCUT2D eigenvalue weighted by atomic mass is 16.6. The van der Waals surface area contributed by atoms with Crippen LogP contribution in [0, 0.1) is 30.9 Å². The molecule has 2 heterocycles. The van der Waals surface area contributed by atoms with Gasteiger partial charge in [-0.1, -0.05) is 0 Å². The number of aryl methyl sites for hydroxylation is 2. The summed E-state index contributed by atoms with van der Waals surface area (Å²) in [6, 6.07) is 3.49. The fourth-order valence-electron chi connectivity index (χ4n) is 2.22. The molecule has 0 bridgehead atoms. The van der Waals surface area contributed by atoms with Crippen LogP contribution in [0.3, 0.4) is 0 Å². The highest BCUT2D eigenvalue weighted by Gasteiger charge is 2.20. The zero-order chi connectivity index (χ0) is 16.4. The highest BCUT2D eigenvalue weighted by Crippen LogP contribution is 2.24. The molecule has 22 heavy (non-hydrogen) atoms. The van der Waals surface area contributed by atoms with Gasteiger partial charge in [0.1, 0.15) is 12.3 Å². The molecule has 0 atom stereocenters. The van der Waals surface area contributed by atoms with Crippen LogP contribution in [-0.2, 0) is 18.4 Å². The Balaban J connectivity index is 2.19. The van der Waals surface area contributed by atoms with Crippen LogP contribution in [0.5, 0.6) is 0 Å². The van der Waals surface area contributed by atoms with E-state index in [1.165, 1.54) is 6.20 Å². The normalized spacial score (nSPS) is 10.5. The van der Waals surface area contributed by atoms with E-state index in [0.29, 0.717) is 22.5 Å². The van der Waals surface area contributed by atoms with E-state index in [1.807, 2.05) is 13.0 Å². The predicted octanol–water partition coefficient (Wildman–Crippen LogP) is 2.61. The summed E-state index contributed by atoms with van der Waals surface area (Å²) in [5, 5.41) is 11.1. The predicted molar refractivity (Wildman–Crippen MR) is 79.6 cm³/mol. The van der Waals surface area contributed by atoms with E-state index in [2.05, 4.69) is 4.98 Å². The van der Waals surface area contributed by atoms with Crippen molar-refractivity contribution in [1.29, 1.82) is 0 Å². The van der Waals surface area contributed by atoms with Crippen LogP contribution in [0.4, 0.5) is 5.69 Å². The first-order chi connectivity index (χ1) is 10.3. The number of hydrogen-bond donors (Lipinski definition) is 0. The second kappa shape index (κ2) is 5.97. The van der Waals surface area contributed by atoms with E-state index in [1.54, 1.807) is 31.5 Å². The Morgan fingerprint density at radius 3 is 2.59 bits per heavy atom. The molecule has 2 aromatic heterocycles. The molecule has 0 aromatic carbocycles. The molecule has 7 nitrogen and oxygen atoms in total. The van der Waals surface area contributed by atoms with Crippen LogP contribution < -0.4 is 0 Å². The number of hydrogen-bond acceptors (Lipinski definition) is 5. The van der Waals surface area contributed by atoms with Crippen LogP contribution in [-0.4, -0.2) is 20.4 Å². The topological polar surface area (TPSA) is 87.3 Å². The van der Waals surface area contributed by atoms with Gasteiger partial charge in [-0.3, -0.25) is 15.1 Å². The van der Waals surface area contributed by atoms with Gasteiger partial charge in [-0.2, -0.15) is 0 Å². The Morgan fingerprint density at radius 2 is 2.05 bits per heavy atom. The molecule has 0 aliphatic carbocycles. The SMILES string of the molecule is Cc1cnc(COC(=O)c2ccc(C)n2C)c(C)c1[N+](=O)[O-]. The van der Waals surface area contributed by atoms with Crippen molar-refractivity contribution in [3.8, 4) is 0 Å². The Bertz CT molecular complexity index is 749. The van der Waals surface area contributed by atoms with Crippen molar-refractivity contribution in [3.63, 3.8) is 0 Å². The van der Waals surface area contributed by atoms with Gasteiger partial charge in [0.25, 0.3) is 5.69 Å². The number of nitrogens with zero attached hydrogens (tertiary/aromatic N) is 3. The summed E-state index contributed by atoms with van der Waals surface area (Å²) in [7, 11) is 1.77. The van der Waals surface area contributed by atoms with E-state index in [-0.39, 0.29) is 12.3 Å². The first-order valence-corrected chi connectivity index (χ1v) is 6.71. The number of ether oxygens (including phenoxy) is 1. The summed E-state index contributed by atoms with van der Waals surface area (Å²) in [5.41, 5.74) is 2.66. The maximum absolute atomic E-state index is 12.0. The van der Waals surface area contributed by atoms with Crippen molar-refractivity contribution in [2.75, 3.05) is 0 Å². The van der Waals surface area contributed by atoms with E-state index in [4.69, 9.17) is 4.74 Å². The lowest BCUT2D eigenvalue weighted by Crippen LogP contribution is -2.12. The Kier molecular flexibility index (Phi) is 4.25. The lowest BCUT2D eigenvalue weighted by Gasteiger charge is -2.09. The molecule has 0 radical (unpaired) electrons. The van der Waals surface area contributed by atoms with Crippen molar-refractivity contribution in [2.45, 2.75) is 27.4 Å². The van der Waals surface area contributed by atoms with Gasteiger partial charge in [0.15, 0.2) is 0 Å². The van der Waals surface area contributed by atoms with Gasteiger partial charge < -0.3 is 9.30 Å². The smallest absolute Gasteiger partial charge is 0.355 e. The molecule has 0 aliphatic rings. The molecule has 0 spiro atoms. The van der Waals surface area contributed by atoms with Crippen molar-refractivity contribution in [1.82, 2.24) is 9.55 Å². The van der Waals surface area contributed by atoms with Crippen LogP contribution in [0.25, 0.3) is 0 Å². The number of carbonyl (C=O) groups is 1. The zero-order valence-electron chi connectivity index (χ0n) is 12.9. The molecule has 0 fully saturated rings. The molecule has 0 amide bonds. The summed E-state index contributed by atoms with van der Waals surface area (Å²) in [6.45, 7) is 5.01. The third-order valence-electron chi connectivity index (χ3n) is 3.68. The fourth-order valence-corrected chi connectivity index (χ4v) is 2.22. The summed E-state index contributed by atoms with van der Waals surface area (Å²) in [5.74, 6) is -0.486. The molecule has 0 unspecified atom stereocenters. The zero-order valence-corrected chi connectivity index (χ0v) is 12.9. The number of nitro groups is 1. The maximum Gasteiger partial charge on any atom is 0.355 e. The standard InChI is InChI=1S/C15H17N3O4/c1-9-7-16-12(11(3)14(9)18(20)21)8-22-15(19)13-6-5-10(2)17(13)4/h5-7H,8H2,1-4H3. The Labute approximate surface area is 127 Å². The van der Waals surface area contributed by atoms with Gasteiger partial charge in [-0.05, 0) is 32.9 Å². The van der Waals surface area contributed by atoms with E-state index in [0.717, 1.165) is 5.69 Å². The minimum atomic E-state index is -0.486. The molecule has 0 N–H and O–H groups in total. The van der Waals surface area contributed by atoms with E-state index in [9.17, 15) is 14.9 Å². The number of esters is 1. The average Bonchev–Trinajstić information content (AvgIpc) is 2.77. The molecule has 7 heteroatoms. The Morgan fingerprint density at radius 1 is 1.36 bits per heavy atom. The number of carbonyl (C=O) groups excluding carboxylic acids is 1. The molecule has 116 valence electrons. The van der Waals surface area contributed by atoms with E-state index >= 15 is 0 Å². The minimum absolute atomic E-state index is 0.00996. The highest BCUT2D eigenvalue weighted by molar-refractivity contribution is 5.87.